The van der Waals surface area contributed by atoms with E-state index in [1.165, 1.54) is 11.8 Å². The van der Waals surface area contributed by atoms with Gasteiger partial charge in [0.25, 0.3) is 0 Å². The van der Waals surface area contributed by atoms with Gasteiger partial charge in [0.2, 0.25) is 11.8 Å². The summed E-state index contributed by atoms with van der Waals surface area (Å²) in [4.78, 5) is 27.1. The fourth-order valence-corrected chi connectivity index (χ4v) is 3.79. The summed E-state index contributed by atoms with van der Waals surface area (Å²) in [5, 5.41) is 2.83. The van der Waals surface area contributed by atoms with Crippen molar-refractivity contribution < 1.29 is 19.1 Å². The first-order valence-electron chi connectivity index (χ1n) is 9.32. The molecule has 1 heterocycles. The number of rotatable bonds is 9. The predicted octanol–water partition coefficient (Wildman–Crippen LogP) is 3.11. The van der Waals surface area contributed by atoms with E-state index < -0.39 is 0 Å². The van der Waals surface area contributed by atoms with Crippen LogP contribution in [0.3, 0.4) is 0 Å². The van der Waals surface area contributed by atoms with E-state index in [1.54, 1.807) is 4.90 Å². The van der Waals surface area contributed by atoms with Crippen LogP contribution in [-0.2, 0) is 9.59 Å². The average Bonchev–Trinajstić information content (AvgIpc) is 2.72. The molecule has 2 aromatic rings. The summed E-state index contributed by atoms with van der Waals surface area (Å²) in [5.41, 5.74) is 0.885. The number of fused-ring (bicyclic) bond motifs is 1. The fourth-order valence-electron chi connectivity index (χ4n) is 2.86. The molecule has 148 valence electrons. The molecule has 3 rings (SSSR count). The van der Waals surface area contributed by atoms with Crippen molar-refractivity contribution in [3.05, 3.63) is 48.5 Å². The van der Waals surface area contributed by atoms with Crippen molar-refractivity contribution in [1.82, 2.24) is 5.32 Å². The third kappa shape index (κ3) is 5.42. The quantitative estimate of drug-likeness (QED) is 0.655. The summed E-state index contributed by atoms with van der Waals surface area (Å²) < 4.78 is 11.0. The monoisotopic (exact) mass is 400 g/mol. The van der Waals surface area contributed by atoms with Gasteiger partial charge < -0.3 is 19.7 Å². The molecule has 28 heavy (non-hydrogen) atoms. The minimum Gasteiger partial charge on any atom is -0.494 e. The number of hydrogen-bond acceptors (Lipinski definition) is 5. The first-order valence-corrected chi connectivity index (χ1v) is 10.3. The van der Waals surface area contributed by atoms with Crippen LogP contribution in [0, 0.1) is 0 Å². The molecule has 2 amide bonds. The van der Waals surface area contributed by atoms with Gasteiger partial charge in [-0.15, -0.1) is 11.8 Å². The van der Waals surface area contributed by atoms with Crippen LogP contribution >= 0.6 is 11.8 Å². The Kier molecular flexibility index (Phi) is 7.19. The fraction of sp³-hybridized carbons (Fsp3) is 0.333. The lowest BCUT2D eigenvalue weighted by molar-refractivity contribution is -0.121. The van der Waals surface area contributed by atoms with Gasteiger partial charge in [0.05, 0.1) is 24.6 Å². The number of carbonyl (C=O) groups excluding carboxylic acids is 2. The third-order valence-corrected chi connectivity index (χ3v) is 5.25. The molecule has 0 aliphatic carbocycles. The molecule has 0 spiro atoms. The van der Waals surface area contributed by atoms with Gasteiger partial charge in [0.1, 0.15) is 18.1 Å². The number of nitrogens with zero attached hydrogens (tertiary/aromatic N) is 1. The molecule has 6 nitrogen and oxygen atoms in total. The van der Waals surface area contributed by atoms with Gasteiger partial charge in [-0.3, -0.25) is 9.59 Å². The maximum absolute atomic E-state index is 12.2. The van der Waals surface area contributed by atoms with Crippen LogP contribution in [0.25, 0.3) is 0 Å². The van der Waals surface area contributed by atoms with Crippen LogP contribution in [-0.4, -0.2) is 43.9 Å². The first-order chi connectivity index (χ1) is 13.7. The van der Waals surface area contributed by atoms with E-state index in [0.29, 0.717) is 32.1 Å². The SMILES string of the molecule is CCOc1ccc(OCCNC(=O)CCN2C(=O)CSc3ccccc32)cc1. The summed E-state index contributed by atoms with van der Waals surface area (Å²) in [5.74, 6) is 1.88. The van der Waals surface area contributed by atoms with E-state index in [2.05, 4.69) is 5.32 Å². The Hall–Kier alpha value is -2.67. The van der Waals surface area contributed by atoms with E-state index in [-0.39, 0.29) is 18.2 Å². The van der Waals surface area contributed by atoms with E-state index in [9.17, 15) is 9.59 Å². The number of carbonyl (C=O) groups is 2. The number of ether oxygens (including phenoxy) is 2. The van der Waals surface area contributed by atoms with E-state index in [1.807, 2.05) is 55.5 Å². The summed E-state index contributed by atoms with van der Waals surface area (Å²) in [7, 11) is 0. The Morgan fingerprint density at radius 2 is 1.82 bits per heavy atom. The van der Waals surface area contributed by atoms with Gasteiger partial charge in [-0.2, -0.15) is 0 Å². The van der Waals surface area contributed by atoms with Crippen molar-refractivity contribution >= 4 is 29.3 Å². The minimum atomic E-state index is -0.0983. The van der Waals surface area contributed by atoms with E-state index in [4.69, 9.17) is 9.47 Å². The number of thioether (sulfide) groups is 1. The molecule has 1 aliphatic heterocycles. The Morgan fingerprint density at radius 1 is 1.11 bits per heavy atom. The van der Waals surface area contributed by atoms with E-state index >= 15 is 0 Å². The van der Waals surface area contributed by atoms with Crippen molar-refractivity contribution in [1.29, 1.82) is 0 Å². The van der Waals surface area contributed by atoms with Crippen LogP contribution in [0.15, 0.2) is 53.4 Å². The second-order valence-electron chi connectivity index (χ2n) is 6.15. The second-order valence-corrected chi connectivity index (χ2v) is 7.17. The zero-order valence-electron chi connectivity index (χ0n) is 15.8. The van der Waals surface area contributed by atoms with Crippen molar-refractivity contribution in [3.8, 4) is 11.5 Å². The molecule has 0 bridgehead atoms. The van der Waals surface area contributed by atoms with Crippen LogP contribution in [0.1, 0.15) is 13.3 Å². The van der Waals surface area contributed by atoms with Crippen molar-refractivity contribution in [2.45, 2.75) is 18.2 Å². The maximum Gasteiger partial charge on any atom is 0.237 e. The molecule has 0 radical (unpaired) electrons. The number of anilines is 1. The Labute approximate surface area is 169 Å². The second kappa shape index (κ2) is 10.0. The number of benzene rings is 2. The van der Waals surface area contributed by atoms with Crippen LogP contribution in [0.2, 0.25) is 0 Å². The smallest absolute Gasteiger partial charge is 0.237 e. The van der Waals surface area contributed by atoms with Gasteiger partial charge in [0.15, 0.2) is 0 Å². The standard InChI is InChI=1S/C21H24N2O4S/c1-2-26-16-7-9-17(10-8-16)27-14-12-22-20(24)11-13-23-18-5-3-4-6-19(18)28-15-21(23)25/h3-10H,2,11-15H2,1H3,(H,22,24). The van der Waals surface area contributed by atoms with Gasteiger partial charge >= 0.3 is 0 Å². The molecule has 2 aromatic carbocycles. The highest BCUT2D eigenvalue weighted by Gasteiger charge is 2.24. The molecule has 1 aliphatic rings. The molecule has 0 fully saturated rings. The van der Waals surface area contributed by atoms with Crippen molar-refractivity contribution in [2.75, 3.05) is 37.0 Å². The highest BCUT2D eigenvalue weighted by atomic mass is 32.2. The van der Waals surface area contributed by atoms with Gasteiger partial charge in [-0.1, -0.05) is 12.1 Å². The Balaban J connectivity index is 1.38. The molecule has 0 aromatic heterocycles. The van der Waals surface area contributed by atoms with Gasteiger partial charge in [0, 0.05) is 17.9 Å². The summed E-state index contributed by atoms with van der Waals surface area (Å²) in [6, 6.07) is 15.2. The number of amides is 2. The zero-order chi connectivity index (χ0) is 19.8. The minimum absolute atomic E-state index is 0.0373. The Bertz CT molecular complexity index is 810. The highest BCUT2D eigenvalue weighted by molar-refractivity contribution is 8.00. The van der Waals surface area contributed by atoms with Crippen LogP contribution in [0.5, 0.6) is 11.5 Å². The molecule has 0 saturated carbocycles. The lowest BCUT2D eigenvalue weighted by Gasteiger charge is -2.28. The van der Waals surface area contributed by atoms with E-state index in [0.717, 1.165) is 22.1 Å². The topological polar surface area (TPSA) is 67.9 Å². The first kappa shape index (κ1) is 20.1. The maximum atomic E-state index is 12.2. The molecule has 7 heteroatoms. The number of hydrogen-bond donors (Lipinski definition) is 1. The average molecular weight is 401 g/mol. The van der Waals surface area contributed by atoms with Gasteiger partial charge in [-0.05, 0) is 43.3 Å². The van der Waals surface area contributed by atoms with Gasteiger partial charge in [-0.25, -0.2) is 0 Å². The third-order valence-electron chi connectivity index (χ3n) is 4.20. The molecular weight excluding hydrogens is 376 g/mol. The summed E-state index contributed by atoms with van der Waals surface area (Å²) >= 11 is 1.54. The van der Waals surface area contributed by atoms with Crippen molar-refractivity contribution in [2.24, 2.45) is 0 Å². The highest BCUT2D eigenvalue weighted by Crippen LogP contribution is 2.34. The number of para-hydroxylation sites is 1. The number of nitrogens with one attached hydrogen (secondary N) is 1. The predicted molar refractivity (Wildman–Crippen MR) is 110 cm³/mol. The van der Waals surface area contributed by atoms with Crippen molar-refractivity contribution in [3.63, 3.8) is 0 Å². The normalized spacial score (nSPS) is 13.0. The molecule has 0 unspecified atom stereocenters. The van der Waals surface area contributed by atoms with Crippen LogP contribution in [0.4, 0.5) is 5.69 Å². The zero-order valence-corrected chi connectivity index (χ0v) is 16.7. The lowest BCUT2D eigenvalue weighted by Crippen LogP contribution is -2.39. The molecule has 1 N–H and O–H groups in total. The lowest BCUT2D eigenvalue weighted by atomic mass is 10.2. The largest absolute Gasteiger partial charge is 0.494 e. The molecular formula is C21H24N2O4S. The molecule has 0 saturated heterocycles. The summed E-state index contributed by atoms with van der Waals surface area (Å²) in [6.07, 6.45) is 0.258. The molecule has 0 atom stereocenters. The Morgan fingerprint density at radius 3 is 2.57 bits per heavy atom. The summed E-state index contributed by atoms with van der Waals surface area (Å²) in [6.45, 7) is 3.72. The van der Waals surface area contributed by atoms with Crippen LogP contribution < -0.4 is 19.7 Å².